The minimum Gasteiger partial charge on any atom is -0.497 e. The van der Waals surface area contributed by atoms with Crippen molar-refractivity contribution < 1.29 is 33.3 Å². The largest absolute Gasteiger partial charge is 0.497 e. The molecule has 9 heteroatoms. The molecule has 2 aromatic rings. The summed E-state index contributed by atoms with van der Waals surface area (Å²) in [5.74, 6) is -0.0206. The van der Waals surface area contributed by atoms with Crippen molar-refractivity contribution >= 4 is 34.5 Å². The van der Waals surface area contributed by atoms with Gasteiger partial charge in [0.1, 0.15) is 27.5 Å². The lowest BCUT2D eigenvalue weighted by Crippen LogP contribution is -2.44. The van der Waals surface area contributed by atoms with Crippen molar-refractivity contribution in [1.82, 2.24) is 0 Å². The van der Waals surface area contributed by atoms with Gasteiger partial charge in [0.15, 0.2) is 0 Å². The van der Waals surface area contributed by atoms with E-state index in [4.69, 9.17) is 18.9 Å². The van der Waals surface area contributed by atoms with Gasteiger partial charge in [-0.05, 0) is 66.2 Å². The van der Waals surface area contributed by atoms with E-state index in [0.29, 0.717) is 16.9 Å². The van der Waals surface area contributed by atoms with Gasteiger partial charge in [-0.3, -0.25) is 0 Å². The summed E-state index contributed by atoms with van der Waals surface area (Å²) in [6, 6.07) is 7.06. The van der Waals surface area contributed by atoms with Crippen LogP contribution in [-0.4, -0.2) is 43.1 Å². The number of rotatable bonds is 5. The number of hydrogen-bond acceptors (Lipinski definition) is 8. The van der Waals surface area contributed by atoms with Gasteiger partial charge in [-0.2, -0.15) is 4.90 Å². The summed E-state index contributed by atoms with van der Waals surface area (Å²) in [5.41, 5.74) is -0.485. The monoisotopic (exact) mass is 477 g/mol. The number of anilines is 1. The highest BCUT2D eigenvalue weighted by molar-refractivity contribution is 7.15. The van der Waals surface area contributed by atoms with Crippen LogP contribution in [0.15, 0.2) is 29.6 Å². The SMILES string of the molecule is CCOC(=O)c1c(-c2ccc(OC)cc2)csc1N(C(=O)OC(C)(C)C)C(=O)OC(C)(C)C. The van der Waals surface area contributed by atoms with Crippen LogP contribution in [-0.2, 0) is 14.2 Å². The smallest absolute Gasteiger partial charge is 0.425 e. The molecule has 0 aliphatic carbocycles. The van der Waals surface area contributed by atoms with Crippen molar-refractivity contribution in [3.8, 4) is 16.9 Å². The molecule has 2 rings (SSSR count). The molecule has 0 unspecified atom stereocenters. The van der Waals surface area contributed by atoms with E-state index < -0.39 is 29.4 Å². The number of nitrogens with zero attached hydrogens (tertiary/aromatic N) is 1. The van der Waals surface area contributed by atoms with Crippen LogP contribution in [0.25, 0.3) is 11.1 Å². The van der Waals surface area contributed by atoms with Crippen molar-refractivity contribution in [2.75, 3.05) is 18.6 Å². The highest BCUT2D eigenvalue weighted by atomic mass is 32.1. The lowest BCUT2D eigenvalue weighted by Gasteiger charge is -2.28. The summed E-state index contributed by atoms with van der Waals surface area (Å²) in [4.78, 5) is 39.9. The molecular formula is C24H31NO7S. The van der Waals surface area contributed by atoms with E-state index in [0.717, 1.165) is 16.2 Å². The number of methoxy groups -OCH3 is 1. The van der Waals surface area contributed by atoms with Crippen LogP contribution in [0.1, 0.15) is 58.8 Å². The quantitative estimate of drug-likeness (QED) is 0.370. The van der Waals surface area contributed by atoms with E-state index in [1.54, 1.807) is 85.2 Å². The van der Waals surface area contributed by atoms with Gasteiger partial charge in [0.2, 0.25) is 0 Å². The van der Waals surface area contributed by atoms with Crippen molar-refractivity contribution in [1.29, 1.82) is 0 Å². The molecular weight excluding hydrogens is 446 g/mol. The molecule has 1 aromatic carbocycles. The molecule has 0 bridgehead atoms. The van der Waals surface area contributed by atoms with E-state index in [9.17, 15) is 14.4 Å². The number of hydrogen-bond donors (Lipinski definition) is 0. The summed E-state index contributed by atoms with van der Waals surface area (Å²) in [7, 11) is 1.56. The molecule has 1 aromatic heterocycles. The van der Waals surface area contributed by atoms with Crippen LogP contribution in [0.4, 0.5) is 14.6 Å². The Morgan fingerprint density at radius 1 is 0.909 bits per heavy atom. The maximum Gasteiger partial charge on any atom is 0.425 e. The topological polar surface area (TPSA) is 91.4 Å². The van der Waals surface area contributed by atoms with Crippen LogP contribution < -0.4 is 9.64 Å². The van der Waals surface area contributed by atoms with Gasteiger partial charge in [0, 0.05) is 10.9 Å². The fraction of sp³-hybridized carbons (Fsp3) is 0.458. The second-order valence-electron chi connectivity index (χ2n) is 9.07. The number of ether oxygens (including phenoxy) is 4. The molecule has 0 aliphatic rings. The normalized spacial score (nSPS) is 11.5. The number of benzene rings is 1. The standard InChI is InChI=1S/C24H31NO7S/c1-9-30-20(26)18-17(15-10-12-16(29-8)13-11-15)14-33-19(18)25(21(27)31-23(2,3)4)22(28)32-24(5,6)7/h10-14H,9H2,1-8H3. The first-order valence-electron chi connectivity index (χ1n) is 10.5. The Morgan fingerprint density at radius 3 is 1.85 bits per heavy atom. The van der Waals surface area contributed by atoms with E-state index in [-0.39, 0.29) is 17.2 Å². The third-order valence-corrected chi connectivity index (χ3v) is 4.97. The molecule has 1 heterocycles. The zero-order valence-electron chi connectivity index (χ0n) is 20.3. The first-order chi connectivity index (χ1) is 15.3. The lowest BCUT2D eigenvalue weighted by atomic mass is 10.0. The Bertz CT molecular complexity index is 969. The summed E-state index contributed by atoms with van der Waals surface area (Å²) < 4.78 is 21.4. The van der Waals surface area contributed by atoms with Crippen LogP contribution >= 0.6 is 11.3 Å². The minimum absolute atomic E-state index is 0.0581. The minimum atomic E-state index is -0.953. The summed E-state index contributed by atoms with van der Waals surface area (Å²) in [5, 5.41) is 1.74. The molecule has 0 aliphatic heterocycles. The fourth-order valence-corrected chi connectivity index (χ4v) is 3.80. The van der Waals surface area contributed by atoms with Crippen LogP contribution in [0.3, 0.4) is 0 Å². The maximum absolute atomic E-state index is 13.1. The highest BCUT2D eigenvalue weighted by Crippen LogP contribution is 2.40. The van der Waals surface area contributed by atoms with E-state index in [2.05, 4.69) is 0 Å². The lowest BCUT2D eigenvalue weighted by molar-refractivity contribution is 0.0432. The average molecular weight is 478 g/mol. The van der Waals surface area contributed by atoms with Gasteiger partial charge in [-0.25, -0.2) is 14.4 Å². The Balaban J connectivity index is 2.67. The Labute approximate surface area is 198 Å². The third-order valence-electron chi connectivity index (χ3n) is 4.01. The number of imide groups is 1. The molecule has 0 saturated carbocycles. The maximum atomic E-state index is 13.1. The van der Waals surface area contributed by atoms with Gasteiger partial charge in [-0.1, -0.05) is 12.1 Å². The number of carbonyl (C=O) groups excluding carboxylic acids is 3. The fourth-order valence-electron chi connectivity index (χ4n) is 2.75. The second kappa shape index (κ2) is 10.2. The molecule has 0 saturated heterocycles. The molecule has 0 N–H and O–H groups in total. The molecule has 0 spiro atoms. The number of carbonyl (C=O) groups is 3. The van der Waals surface area contributed by atoms with Gasteiger partial charge in [-0.15, -0.1) is 11.3 Å². The number of thiophene rings is 1. The van der Waals surface area contributed by atoms with Gasteiger partial charge >= 0.3 is 18.2 Å². The Hall–Kier alpha value is -3.07. The van der Waals surface area contributed by atoms with E-state index in [1.165, 1.54) is 0 Å². The van der Waals surface area contributed by atoms with Gasteiger partial charge in [0.05, 0.1) is 13.7 Å². The molecule has 0 radical (unpaired) electrons. The Kier molecular flexibility index (Phi) is 8.13. The van der Waals surface area contributed by atoms with Crippen molar-refractivity contribution in [2.45, 2.75) is 59.7 Å². The van der Waals surface area contributed by atoms with E-state index >= 15 is 0 Å². The zero-order valence-corrected chi connectivity index (χ0v) is 21.1. The zero-order chi connectivity index (χ0) is 25.0. The molecule has 2 amide bonds. The molecule has 8 nitrogen and oxygen atoms in total. The van der Waals surface area contributed by atoms with Gasteiger partial charge in [0.25, 0.3) is 0 Å². The summed E-state index contributed by atoms with van der Waals surface area (Å²) in [6.45, 7) is 11.9. The van der Waals surface area contributed by atoms with Crippen LogP contribution in [0.2, 0.25) is 0 Å². The van der Waals surface area contributed by atoms with Crippen molar-refractivity contribution in [3.05, 3.63) is 35.2 Å². The second-order valence-corrected chi connectivity index (χ2v) is 9.93. The number of amides is 2. The molecule has 0 fully saturated rings. The first-order valence-corrected chi connectivity index (χ1v) is 11.3. The predicted molar refractivity (Wildman–Crippen MR) is 127 cm³/mol. The predicted octanol–water partition coefficient (Wildman–Crippen LogP) is 6.28. The third kappa shape index (κ3) is 6.95. The van der Waals surface area contributed by atoms with Crippen molar-refractivity contribution in [3.63, 3.8) is 0 Å². The number of esters is 1. The molecule has 33 heavy (non-hydrogen) atoms. The van der Waals surface area contributed by atoms with Crippen molar-refractivity contribution in [2.24, 2.45) is 0 Å². The Morgan fingerprint density at radius 2 is 1.42 bits per heavy atom. The molecule has 180 valence electrons. The highest BCUT2D eigenvalue weighted by Gasteiger charge is 2.37. The molecule has 0 atom stereocenters. The summed E-state index contributed by atoms with van der Waals surface area (Å²) in [6.07, 6.45) is -1.91. The van der Waals surface area contributed by atoms with Crippen LogP contribution in [0.5, 0.6) is 5.75 Å². The van der Waals surface area contributed by atoms with E-state index in [1.807, 2.05) is 0 Å². The average Bonchev–Trinajstić information content (AvgIpc) is 3.10. The van der Waals surface area contributed by atoms with Crippen LogP contribution in [0, 0.1) is 0 Å². The first kappa shape index (κ1) is 26.2. The van der Waals surface area contributed by atoms with Gasteiger partial charge < -0.3 is 18.9 Å². The summed E-state index contributed by atoms with van der Waals surface area (Å²) >= 11 is 1.04.